The Kier molecular flexibility index (Phi) is 1.14. The lowest BCUT2D eigenvalue weighted by Crippen LogP contribution is -1.64. The van der Waals surface area contributed by atoms with Crippen LogP contribution in [0, 0.1) is 11.3 Å². The quantitative estimate of drug-likeness (QED) is 0.557. The SMILES string of the molecule is N#Cc1nc(O)cs1. The summed E-state index contributed by atoms with van der Waals surface area (Å²) in [5.74, 6) is -0.0773. The summed E-state index contributed by atoms with van der Waals surface area (Å²) in [6, 6.07) is 1.80. The van der Waals surface area contributed by atoms with Crippen molar-refractivity contribution >= 4 is 11.3 Å². The lowest BCUT2D eigenvalue weighted by molar-refractivity contribution is 0.457. The molecule has 8 heavy (non-hydrogen) atoms. The molecule has 1 aromatic rings. The van der Waals surface area contributed by atoms with Gasteiger partial charge in [0.1, 0.15) is 6.07 Å². The van der Waals surface area contributed by atoms with E-state index in [1.54, 1.807) is 6.07 Å². The van der Waals surface area contributed by atoms with Crippen molar-refractivity contribution in [3.8, 4) is 11.9 Å². The summed E-state index contributed by atoms with van der Waals surface area (Å²) in [5, 5.41) is 18.4. The highest BCUT2D eigenvalue weighted by Crippen LogP contribution is 2.12. The van der Waals surface area contributed by atoms with Gasteiger partial charge in [-0.3, -0.25) is 0 Å². The van der Waals surface area contributed by atoms with Crippen molar-refractivity contribution in [3.63, 3.8) is 0 Å². The van der Waals surface area contributed by atoms with Crippen LogP contribution in [-0.2, 0) is 0 Å². The molecular weight excluding hydrogens is 124 g/mol. The Balaban J connectivity index is 3.05. The van der Waals surface area contributed by atoms with Crippen molar-refractivity contribution < 1.29 is 5.11 Å². The Bertz CT molecular complexity index is 224. The van der Waals surface area contributed by atoms with Gasteiger partial charge in [-0.05, 0) is 0 Å². The van der Waals surface area contributed by atoms with Crippen LogP contribution in [-0.4, -0.2) is 10.1 Å². The van der Waals surface area contributed by atoms with Crippen molar-refractivity contribution in [2.75, 3.05) is 0 Å². The Morgan fingerprint density at radius 3 is 2.88 bits per heavy atom. The number of nitriles is 1. The number of rotatable bonds is 0. The fourth-order valence-corrected chi connectivity index (χ4v) is 0.785. The van der Waals surface area contributed by atoms with Gasteiger partial charge in [0, 0.05) is 0 Å². The van der Waals surface area contributed by atoms with Gasteiger partial charge in [-0.25, -0.2) is 0 Å². The van der Waals surface area contributed by atoms with E-state index < -0.39 is 0 Å². The summed E-state index contributed by atoms with van der Waals surface area (Å²) in [4.78, 5) is 3.44. The molecule has 3 nitrogen and oxygen atoms in total. The zero-order chi connectivity index (χ0) is 5.98. The fourth-order valence-electron chi connectivity index (χ4n) is 0.317. The molecule has 0 aliphatic carbocycles. The molecule has 1 N–H and O–H groups in total. The van der Waals surface area contributed by atoms with Gasteiger partial charge < -0.3 is 5.11 Å². The highest BCUT2D eigenvalue weighted by Gasteiger charge is 1.94. The molecule has 1 rings (SSSR count). The van der Waals surface area contributed by atoms with Gasteiger partial charge in [0.2, 0.25) is 5.88 Å². The van der Waals surface area contributed by atoms with Gasteiger partial charge in [0.25, 0.3) is 0 Å². The van der Waals surface area contributed by atoms with Crippen molar-refractivity contribution in [2.45, 2.75) is 0 Å². The molecule has 0 radical (unpaired) electrons. The van der Waals surface area contributed by atoms with E-state index in [-0.39, 0.29) is 5.88 Å². The Hall–Kier alpha value is -1.08. The van der Waals surface area contributed by atoms with E-state index in [0.29, 0.717) is 5.01 Å². The summed E-state index contributed by atoms with van der Waals surface area (Å²) in [7, 11) is 0. The first-order chi connectivity index (χ1) is 3.83. The molecule has 0 aliphatic heterocycles. The Labute approximate surface area is 49.8 Å². The van der Waals surface area contributed by atoms with Crippen molar-refractivity contribution in [2.24, 2.45) is 0 Å². The molecule has 0 bridgehead atoms. The van der Waals surface area contributed by atoms with Crippen LogP contribution in [0.2, 0.25) is 0 Å². The summed E-state index contributed by atoms with van der Waals surface area (Å²) >= 11 is 1.13. The molecule has 0 amide bonds. The summed E-state index contributed by atoms with van der Waals surface area (Å²) in [6.45, 7) is 0. The van der Waals surface area contributed by atoms with E-state index in [4.69, 9.17) is 10.4 Å². The van der Waals surface area contributed by atoms with Crippen LogP contribution in [0.3, 0.4) is 0 Å². The molecular formula is C4H2N2OS. The largest absolute Gasteiger partial charge is 0.493 e. The minimum absolute atomic E-state index is 0.0773. The molecule has 0 aromatic carbocycles. The van der Waals surface area contributed by atoms with Gasteiger partial charge in [0.05, 0.1) is 5.38 Å². The Morgan fingerprint density at radius 2 is 2.62 bits per heavy atom. The zero-order valence-electron chi connectivity index (χ0n) is 3.83. The monoisotopic (exact) mass is 126 g/mol. The average Bonchev–Trinajstić information content (AvgIpc) is 2.14. The van der Waals surface area contributed by atoms with Gasteiger partial charge in [-0.15, -0.1) is 11.3 Å². The molecule has 1 aromatic heterocycles. The predicted octanol–water partition coefficient (Wildman–Crippen LogP) is 0.720. The van der Waals surface area contributed by atoms with Crippen LogP contribution in [0.5, 0.6) is 5.88 Å². The third-order valence-electron chi connectivity index (χ3n) is 0.588. The molecule has 0 saturated carbocycles. The zero-order valence-corrected chi connectivity index (χ0v) is 4.64. The smallest absolute Gasteiger partial charge is 0.223 e. The summed E-state index contributed by atoms with van der Waals surface area (Å²) in [5.41, 5.74) is 0. The van der Waals surface area contributed by atoms with Crippen LogP contribution >= 0.6 is 11.3 Å². The molecule has 4 heteroatoms. The van der Waals surface area contributed by atoms with Crippen molar-refractivity contribution in [3.05, 3.63) is 10.4 Å². The van der Waals surface area contributed by atoms with Crippen molar-refractivity contribution in [1.82, 2.24) is 4.98 Å². The molecule has 0 unspecified atom stereocenters. The average molecular weight is 126 g/mol. The maximum absolute atomic E-state index is 8.53. The Morgan fingerprint density at radius 1 is 1.88 bits per heavy atom. The van der Waals surface area contributed by atoms with Crippen LogP contribution in [0.25, 0.3) is 0 Å². The van der Waals surface area contributed by atoms with E-state index in [2.05, 4.69) is 4.98 Å². The third-order valence-corrected chi connectivity index (χ3v) is 1.32. The maximum atomic E-state index is 8.53. The number of hydrogen-bond acceptors (Lipinski definition) is 4. The minimum Gasteiger partial charge on any atom is -0.493 e. The normalized spacial score (nSPS) is 8.38. The highest BCUT2D eigenvalue weighted by molar-refractivity contribution is 7.10. The first kappa shape index (κ1) is 5.06. The van der Waals surface area contributed by atoms with Crippen molar-refractivity contribution in [1.29, 1.82) is 5.26 Å². The number of aromatic hydroxyl groups is 1. The standard InChI is InChI=1S/C4H2N2OS/c5-1-4-6-3(7)2-8-4/h2,7H. The number of thiazole rings is 1. The lowest BCUT2D eigenvalue weighted by Gasteiger charge is -1.69. The minimum atomic E-state index is -0.0773. The van der Waals surface area contributed by atoms with Gasteiger partial charge >= 0.3 is 0 Å². The third kappa shape index (κ3) is 0.768. The molecule has 1 heterocycles. The van der Waals surface area contributed by atoms with Gasteiger partial charge in [-0.2, -0.15) is 10.2 Å². The second-order valence-electron chi connectivity index (χ2n) is 1.12. The molecule has 0 fully saturated rings. The number of nitrogens with zero attached hydrogens (tertiary/aromatic N) is 2. The second-order valence-corrected chi connectivity index (χ2v) is 1.98. The molecule has 0 aliphatic rings. The van der Waals surface area contributed by atoms with E-state index in [1.807, 2.05) is 0 Å². The first-order valence-corrected chi connectivity index (χ1v) is 2.75. The highest BCUT2D eigenvalue weighted by atomic mass is 32.1. The van der Waals surface area contributed by atoms with Crippen LogP contribution in [0.1, 0.15) is 5.01 Å². The first-order valence-electron chi connectivity index (χ1n) is 1.87. The molecule has 40 valence electrons. The van der Waals surface area contributed by atoms with E-state index in [9.17, 15) is 0 Å². The summed E-state index contributed by atoms with van der Waals surface area (Å²) < 4.78 is 0. The fraction of sp³-hybridized carbons (Fsp3) is 0. The molecule has 0 spiro atoms. The van der Waals surface area contributed by atoms with E-state index in [1.165, 1.54) is 5.38 Å². The van der Waals surface area contributed by atoms with Crippen LogP contribution in [0.15, 0.2) is 5.38 Å². The van der Waals surface area contributed by atoms with E-state index in [0.717, 1.165) is 11.3 Å². The maximum Gasteiger partial charge on any atom is 0.223 e. The molecule has 0 saturated heterocycles. The number of hydrogen-bond donors (Lipinski definition) is 1. The van der Waals surface area contributed by atoms with Crippen LogP contribution in [0.4, 0.5) is 0 Å². The number of aromatic nitrogens is 1. The lowest BCUT2D eigenvalue weighted by atomic mass is 10.8. The topological polar surface area (TPSA) is 56.9 Å². The van der Waals surface area contributed by atoms with Crippen LogP contribution < -0.4 is 0 Å². The predicted molar refractivity (Wildman–Crippen MR) is 28.5 cm³/mol. The van der Waals surface area contributed by atoms with Gasteiger partial charge in [-0.1, -0.05) is 0 Å². The second kappa shape index (κ2) is 1.80. The summed E-state index contributed by atoms with van der Waals surface area (Å²) in [6.07, 6.45) is 0. The molecule has 0 atom stereocenters. The van der Waals surface area contributed by atoms with E-state index >= 15 is 0 Å². The van der Waals surface area contributed by atoms with Gasteiger partial charge in [0.15, 0.2) is 5.01 Å².